The molecule has 170 valence electrons. The van der Waals surface area contributed by atoms with Crippen molar-refractivity contribution in [1.82, 2.24) is 0 Å². The molecule has 0 atom stereocenters. The van der Waals surface area contributed by atoms with Crippen molar-refractivity contribution in [2.24, 2.45) is 0 Å². The maximum atomic E-state index is 14.7. The zero-order valence-electron chi connectivity index (χ0n) is 18.8. The molecule has 0 radical (unpaired) electrons. The number of halogens is 3. The van der Waals surface area contributed by atoms with E-state index in [-0.39, 0.29) is 33.9 Å². The molecule has 0 fully saturated rings. The molecule has 2 aromatic carbocycles. The van der Waals surface area contributed by atoms with Crippen LogP contribution in [-0.2, 0) is 4.79 Å². The van der Waals surface area contributed by atoms with Crippen molar-refractivity contribution in [2.45, 2.75) is 66.2 Å². The van der Waals surface area contributed by atoms with E-state index in [0.717, 1.165) is 18.6 Å². The van der Waals surface area contributed by atoms with E-state index < -0.39 is 23.0 Å². The van der Waals surface area contributed by atoms with Gasteiger partial charge in [-0.05, 0) is 25.5 Å². The normalized spacial score (nSPS) is 11.1. The molecule has 2 aromatic rings. The molecule has 31 heavy (non-hydrogen) atoms. The molecule has 0 bridgehead atoms. The third-order valence-corrected chi connectivity index (χ3v) is 4.83. The van der Waals surface area contributed by atoms with Crippen LogP contribution < -0.4 is 11.5 Å². The average Bonchev–Trinajstić information content (AvgIpc) is 2.74. The largest absolute Gasteiger partial charge is 0.396 e. The minimum Gasteiger partial charge on any atom is -0.396 e. The second-order valence-electron chi connectivity index (χ2n) is 7.38. The van der Waals surface area contributed by atoms with Gasteiger partial charge in [-0.1, -0.05) is 71.1 Å². The Morgan fingerprint density at radius 3 is 2.03 bits per heavy atom. The van der Waals surface area contributed by atoms with Gasteiger partial charge in [-0.15, -0.1) is 0 Å². The zero-order valence-corrected chi connectivity index (χ0v) is 18.8. The Bertz CT molecular complexity index is 919. The molecule has 0 aliphatic rings. The highest BCUT2D eigenvalue weighted by Crippen LogP contribution is 2.36. The number of rotatable bonds is 8. The summed E-state index contributed by atoms with van der Waals surface area (Å²) in [5.41, 5.74) is 10.2. The number of carbonyl (C=O) groups excluding carboxylic acids is 1. The summed E-state index contributed by atoms with van der Waals surface area (Å²) in [4.78, 5) is 11.8. The first kappa shape index (κ1) is 26.3. The van der Waals surface area contributed by atoms with E-state index in [1.165, 1.54) is 44.7 Å². The summed E-state index contributed by atoms with van der Waals surface area (Å²) in [6.07, 6.45) is 8.64. The van der Waals surface area contributed by atoms with Gasteiger partial charge in [-0.3, -0.25) is 4.79 Å². The highest BCUT2D eigenvalue weighted by atomic mass is 19.1. The summed E-state index contributed by atoms with van der Waals surface area (Å²) in [7, 11) is 0. The Morgan fingerprint density at radius 2 is 1.52 bits per heavy atom. The molecule has 0 unspecified atom stereocenters. The molecule has 0 heterocycles. The highest BCUT2D eigenvalue weighted by molar-refractivity contribution is 6.21. The third-order valence-electron chi connectivity index (χ3n) is 4.83. The van der Waals surface area contributed by atoms with E-state index in [4.69, 9.17) is 11.5 Å². The highest BCUT2D eigenvalue weighted by Gasteiger charge is 2.22. The molecule has 0 aromatic heterocycles. The van der Waals surface area contributed by atoms with Crippen LogP contribution in [0.25, 0.3) is 16.7 Å². The molecule has 0 spiro atoms. The Hall–Kier alpha value is -2.76. The minimum absolute atomic E-state index is 0.201. The van der Waals surface area contributed by atoms with Crippen molar-refractivity contribution in [3.05, 3.63) is 53.4 Å². The lowest BCUT2D eigenvalue weighted by Crippen LogP contribution is -2.06. The molecule has 0 amide bonds. The summed E-state index contributed by atoms with van der Waals surface area (Å²) in [5, 5.41) is 0. The van der Waals surface area contributed by atoms with Gasteiger partial charge < -0.3 is 11.5 Å². The molecule has 6 heteroatoms. The van der Waals surface area contributed by atoms with Crippen LogP contribution in [0.3, 0.4) is 0 Å². The first-order valence-electron chi connectivity index (χ1n) is 10.7. The Kier molecular flexibility index (Phi) is 10.9. The van der Waals surface area contributed by atoms with E-state index in [1.54, 1.807) is 6.08 Å². The van der Waals surface area contributed by atoms with Crippen molar-refractivity contribution in [3.8, 4) is 11.1 Å². The van der Waals surface area contributed by atoms with Crippen LogP contribution in [0, 0.1) is 17.5 Å². The molecular formula is C25H33F3N2O. The number of nitrogen functional groups attached to an aromatic ring is 2. The maximum absolute atomic E-state index is 14.7. The van der Waals surface area contributed by atoms with Crippen LogP contribution in [0.2, 0.25) is 0 Å². The number of unbranched alkanes of at least 4 members (excludes halogenated alkanes) is 4. The number of nitrogens with two attached hydrogens (primary N) is 2. The monoisotopic (exact) mass is 434 g/mol. The SMILES string of the molecule is CCC/C=C(/C(C)=O)c1ccc(-c2c(F)ccc(N)c2F)c(F)c1N.CCCCCC. The van der Waals surface area contributed by atoms with Gasteiger partial charge in [0.1, 0.15) is 5.82 Å². The van der Waals surface area contributed by atoms with Crippen LogP contribution in [0.1, 0.15) is 71.8 Å². The Labute approximate surface area is 183 Å². The summed E-state index contributed by atoms with van der Waals surface area (Å²) in [5.74, 6) is -3.27. The Morgan fingerprint density at radius 1 is 0.903 bits per heavy atom. The molecule has 2 rings (SSSR count). The van der Waals surface area contributed by atoms with E-state index in [1.807, 2.05) is 6.92 Å². The second-order valence-corrected chi connectivity index (χ2v) is 7.38. The van der Waals surface area contributed by atoms with Gasteiger partial charge in [0.25, 0.3) is 0 Å². The van der Waals surface area contributed by atoms with Crippen LogP contribution in [0.5, 0.6) is 0 Å². The number of anilines is 2. The van der Waals surface area contributed by atoms with Crippen LogP contribution in [-0.4, -0.2) is 5.78 Å². The fraction of sp³-hybridized carbons (Fsp3) is 0.400. The standard InChI is InChI=1S/C19H19F3N2O.C6H14/c1-3-4-5-11(10(2)25)12-6-7-13(17(21)19(12)24)16-14(20)8-9-15(23)18(16)22;1-3-5-6-4-2/h5-9H,3-4,23-24H2,1-2H3;3-6H2,1-2H3/b11-5-;. The number of benzene rings is 2. The fourth-order valence-electron chi connectivity index (χ4n) is 3.07. The van der Waals surface area contributed by atoms with Crippen LogP contribution >= 0.6 is 0 Å². The van der Waals surface area contributed by atoms with Crippen molar-refractivity contribution in [1.29, 1.82) is 0 Å². The quantitative estimate of drug-likeness (QED) is 0.260. The number of allylic oxidation sites excluding steroid dienone is 2. The number of hydrogen-bond donors (Lipinski definition) is 2. The smallest absolute Gasteiger partial charge is 0.160 e. The van der Waals surface area contributed by atoms with Gasteiger partial charge >= 0.3 is 0 Å². The minimum atomic E-state index is -1.06. The van der Waals surface area contributed by atoms with Crippen LogP contribution in [0.4, 0.5) is 24.5 Å². The van der Waals surface area contributed by atoms with Crippen molar-refractivity contribution < 1.29 is 18.0 Å². The van der Waals surface area contributed by atoms with Crippen molar-refractivity contribution >= 4 is 22.7 Å². The molecule has 4 N–H and O–H groups in total. The van der Waals surface area contributed by atoms with Gasteiger partial charge in [0.15, 0.2) is 17.4 Å². The fourth-order valence-corrected chi connectivity index (χ4v) is 3.07. The zero-order chi connectivity index (χ0) is 23.6. The first-order chi connectivity index (χ1) is 14.7. The van der Waals surface area contributed by atoms with Gasteiger partial charge in [-0.25, -0.2) is 13.2 Å². The lowest BCUT2D eigenvalue weighted by atomic mass is 9.94. The van der Waals surface area contributed by atoms with E-state index in [2.05, 4.69) is 13.8 Å². The first-order valence-corrected chi connectivity index (χ1v) is 10.7. The van der Waals surface area contributed by atoms with Crippen molar-refractivity contribution in [3.63, 3.8) is 0 Å². The summed E-state index contributed by atoms with van der Waals surface area (Å²) in [6, 6.07) is 4.61. The third kappa shape index (κ3) is 6.88. The van der Waals surface area contributed by atoms with E-state index in [0.29, 0.717) is 6.42 Å². The number of carbonyl (C=O) groups is 1. The lowest BCUT2D eigenvalue weighted by molar-refractivity contribution is -0.111. The topological polar surface area (TPSA) is 69.1 Å². The molecule has 0 aliphatic carbocycles. The molecule has 0 saturated carbocycles. The molecular weight excluding hydrogens is 401 g/mol. The number of Topliss-reactive ketones (excluding diaryl/α,β-unsaturated/α-hetero) is 1. The van der Waals surface area contributed by atoms with Gasteiger partial charge in [0, 0.05) is 16.7 Å². The summed E-state index contributed by atoms with van der Waals surface area (Å²) in [6.45, 7) is 7.75. The summed E-state index contributed by atoms with van der Waals surface area (Å²) < 4.78 is 42.9. The van der Waals surface area contributed by atoms with E-state index >= 15 is 0 Å². The number of hydrogen-bond acceptors (Lipinski definition) is 3. The lowest BCUT2D eigenvalue weighted by Gasteiger charge is -2.14. The average molecular weight is 435 g/mol. The van der Waals surface area contributed by atoms with Gasteiger partial charge in [-0.2, -0.15) is 0 Å². The Balaban J connectivity index is 0.000000703. The molecule has 0 aliphatic heterocycles. The summed E-state index contributed by atoms with van der Waals surface area (Å²) >= 11 is 0. The molecule has 0 saturated heterocycles. The predicted molar refractivity (Wildman–Crippen MR) is 124 cm³/mol. The van der Waals surface area contributed by atoms with E-state index in [9.17, 15) is 18.0 Å². The number of ketones is 1. The maximum Gasteiger partial charge on any atom is 0.160 e. The predicted octanol–water partition coefficient (Wildman–Crippen LogP) is 7.29. The van der Waals surface area contributed by atoms with Gasteiger partial charge in [0.2, 0.25) is 0 Å². The van der Waals surface area contributed by atoms with Crippen LogP contribution in [0.15, 0.2) is 30.3 Å². The second kappa shape index (κ2) is 12.8. The van der Waals surface area contributed by atoms with Crippen molar-refractivity contribution in [2.75, 3.05) is 11.5 Å². The van der Waals surface area contributed by atoms with Gasteiger partial charge in [0.05, 0.1) is 16.9 Å². The molecule has 3 nitrogen and oxygen atoms in total.